The molecular weight excluding hydrogens is 341 g/mol. The number of methoxy groups -OCH3 is 1. The van der Waals surface area contributed by atoms with Crippen LogP contribution in [0.2, 0.25) is 0 Å². The van der Waals surface area contributed by atoms with E-state index in [2.05, 4.69) is 15.7 Å². The quantitative estimate of drug-likeness (QED) is 0.803. The first kappa shape index (κ1) is 17.3. The highest BCUT2D eigenvalue weighted by Crippen LogP contribution is 2.43. The fourth-order valence-electron chi connectivity index (χ4n) is 2.72. The Kier molecular flexibility index (Phi) is 4.71. The van der Waals surface area contributed by atoms with E-state index in [9.17, 15) is 18.0 Å². The van der Waals surface area contributed by atoms with E-state index in [1.54, 1.807) is 12.1 Å². The Balaban J connectivity index is 1.87. The number of amides is 1. The van der Waals surface area contributed by atoms with Gasteiger partial charge >= 0.3 is 6.18 Å². The second-order valence-electron chi connectivity index (χ2n) is 5.61. The zero-order valence-corrected chi connectivity index (χ0v) is 13.3. The van der Waals surface area contributed by atoms with E-state index in [1.807, 2.05) is 0 Å². The monoisotopic (exact) mass is 358 g/mol. The van der Waals surface area contributed by atoms with Crippen molar-refractivity contribution in [1.82, 2.24) is 15.1 Å². The normalized spacial score (nSPS) is 20.0. The van der Waals surface area contributed by atoms with E-state index in [0.717, 1.165) is 4.68 Å². The molecule has 2 aromatic rings. The number of anilines is 1. The summed E-state index contributed by atoms with van der Waals surface area (Å²) in [6.45, 7) is 0.534. The molecule has 0 aliphatic carbocycles. The first-order valence-corrected chi connectivity index (χ1v) is 7.63. The molecule has 0 aromatic carbocycles. The number of aromatic nitrogens is 2. The van der Waals surface area contributed by atoms with Crippen molar-refractivity contribution in [3.05, 3.63) is 35.9 Å². The molecule has 10 heteroatoms. The number of carbonyl (C=O) groups excluding carboxylic acids is 1. The number of nitrogens with one attached hydrogen (secondary N) is 2. The van der Waals surface area contributed by atoms with E-state index in [1.165, 1.54) is 19.4 Å². The zero-order valence-electron chi connectivity index (χ0n) is 13.3. The molecule has 7 nitrogen and oxygen atoms in total. The van der Waals surface area contributed by atoms with E-state index in [4.69, 9.17) is 9.15 Å². The predicted octanol–water partition coefficient (Wildman–Crippen LogP) is 2.51. The number of hydrogen-bond donors (Lipinski definition) is 2. The van der Waals surface area contributed by atoms with Crippen LogP contribution < -0.4 is 10.6 Å². The molecule has 0 spiro atoms. The highest BCUT2D eigenvalue weighted by Gasteiger charge is 2.47. The number of fused-ring (bicyclic) bond motifs is 1. The molecule has 3 rings (SSSR count). The molecule has 25 heavy (non-hydrogen) atoms. The van der Waals surface area contributed by atoms with Gasteiger partial charge in [0.05, 0.1) is 18.9 Å². The van der Waals surface area contributed by atoms with E-state index in [0.29, 0.717) is 12.4 Å². The Labute approximate surface area is 141 Å². The summed E-state index contributed by atoms with van der Waals surface area (Å²) >= 11 is 0. The largest absolute Gasteiger partial charge is 0.467 e. The van der Waals surface area contributed by atoms with Crippen LogP contribution in [-0.2, 0) is 4.74 Å². The van der Waals surface area contributed by atoms with Crippen molar-refractivity contribution in [3.63, 3.8) is 0 Å². The van der Waals surface area contributed by atoms with Gasteiger partial charge in [0.15, 0.2) is 11.7 Å². The van der Waals surface area contributed by atoms with E-state index < -0.39 is 24.2 Å². The minimum Gasteiger partial charge on any atom is -0.467 e. The maximum atomic E-state index is 13.5. The Morgan fingerprint density at radius 2 is 2.36 bits per heavy atom. The Bertz CT molecular complexity index is 727. The van der Waals surface area contributed by atoms with Gasteiger partial charge in [-0.3, -0.25) is 4.79 Å². The second-order valence-corrected chi connectivity index (χ2v) is 5.61. The topological polar surface area (TPSA) is 81.3 Å². The van der Waals surface area contributed by atoms with Crippen LogP contribution in [0.25, 0.3) is 0 Å². The van der Waals surface area contributed by atoms with Crippen LogP contribution in [0.1, 0.15) is 34.8 Å². The van der Waals surface area contributed by atoms with Crippen LogP contribution in [0.5, 0.6) is 0 Å². The van der Waals surface area contributed by atoms with Crippen molar-refractivity contribution in [2.45, 2.75) is 24.7 Å². The van der Waals surface area contributed by atoms with Crippen molar-refractivity contribution in [1.29, 1.82) is 0 Å². The second kappa shape index (κ2) is 6.79. The van der Waals surface area contributed by atoms with Crippen molar-refractivity contribution < 1.29 is 27.1 Å². The van der Waals surface area contributed by atoms with E-state index in [-0.39, 0.29) is 24.5 Å². The molecule has 0 unspecified atom stereocenters. The molecule has 3 heterocycles. The van der Waals surface area contributed by atoms with Crippen LogP contribution in [0, 0.1) is 0 Å². The molecule has 0 radical (unpaired) electrons. The first-order chi connectivity index (χ1) is 11.9. The average Bonchev–Trinajstić information content (AvgIpc) is 3.22. The van der Waals surface area contributed by atoms with Crippen LogP contribution in [0.4, 0.5) is 19.0 Å². The molecule has 0 fully saturated rings. The molecule has 0 bridgehead atoms. The van der Waals surface area contributed by atoms with E-state index >= 15 is 0 Å². The summed E-state index contributed by atoms with van der Waals surface area (Å²) in [6, 6.07) is 2.01. The molecule has 1 aliphatic rings. The van der Waals surface area contributed by atoms with Crippen molar-refractivity contribution in [3.8, 4) is 0 Å². The number of nitrogens with zero attached hydrogens (tertiary/aromatic N) is 2. The lowest BCUT2D eigenvalue weighted by Crippen LogP contribution is -2.35. The lowest BCUT2D eigenvalue weighted by atomic mass is 10.0. The minimum atomic E-state index is -4.50. The summed E-state index contributed by atoms with van der Waals surface area (Å²) in [5.41, 5.74) is -0.0899. The zero-order chi connectivity index (χ0) is 18.0. The third-order valence-electron chi connectivity index (χ3n) is 3.90. The van der Waals surface area contributed by atoms with Crippen LogP contribution in [0.15, 0.2) is 28.9 Å². The Hall–Kier alpha value is -2.49. The predicted molar refractivity (Wildman–Crippen MR) is 81.2 cm³/mol. The molecule has 0 saturated carbocycles. The van der Waals surface area contributed by atoms with Crippen LogP contribution in [-0.4, -0.2) is 42.1 Å². The summed E-state index contributed by atoms with van der Waals surface area (Å²) < 4.78 is 51.2. The summed E-state index contributed by atoms with van der Waals surface area (Å²) in [4.78, 5) is 12.0. The standard InChI is InChI=1S/C15H17F3N4O3/c1-24-6-4-19-14(23)10-8-13-20-9(11-3-2-5-25-11)7-12(15(16,17)18)22(13)21-10/h2-3,5,8-9,12,20H,4,6-7H2,1H3,(H,19,23)/t9-,12+/m0/s1. The third kappa shape index (κ3) is 3.63. The lowest BCUT2D eigenvalue weighted by molar-refractivity contribution is -0.174. The molecule has 1 amide bonds. The highest BCUT2D eigenvalue weighted by molar-refractivity contribution is 5.93. The highest BCUT2D eigenvalue weighted by atomic mass is 19.4. The molecule has 2 aromatic heterocycles. The van der Waals surface area contributed by atoms with Crippen molar-refractivity contribution >= 4 is 11.7 Å². The number of carbonyl (C=O) groups is 1. The van der Waals surface area contributed by atoms with Gasteiger partial charge in [0.25, 0.3) is 5.91 Å². The van der Waals surface area contributed by atoms with Crippen LogP contribution in [0.3, 0.4) is 0 Å². The van der Waals surface area contributed by atoms with Gasteiger partial charge in [0.1, 0.15) is 11.6 Å². The average molecular weight is 358 g/mol. The number of hydrogen-bond acceptors (Lipinski definition) is 5. The first-order valence-electron chi connectivity index (χ1n) is 7.63. The van der Waals surface area contributed by atoms with Crippen molar-refractivity contribution in [2.75, 3.05) is 25.6 Å². The van der Waals surface area contributed by atoms with Gasteiger partial charge in [0.2, 0.25) is 0 Å². The number of halogens is 3. The summed E-state index contributed by atoms with van der Waals surface area (Å²) in [5.74, 6) is -0.0455. The fourth-order valence-corrected chi connectivity index (χ4v) is 2.72. The van der Waals surface area contributed by atoms with Gasteiger partial charge in [-0.15, -0.1) is 0 Å². The SMILES string of the molecule is COCCNC(=O)c1cc2n(n1)[C@@H](C(F)(F)F)C[C@@H](c1ccco1)N2. The smallest absolute Gasteiger partial charge is 0.410 e. The summed E-state index contributed by atoms with van der Waals surface area (Å²) in [5, 5.41) is 9.32. The number of alkyl halides is 3. The third-order valence-corrected chi connectivity index (χ3v) is 3.90. The number of ether oxygens (including phenoxy) is 1. The van der Waals surface area contributed by atoms with Gasteiger partial charge in [-0.25, -0.2) is 4.68 Å². The molecule has 2 N–H and O–H groups in total. The van der Waals surface area contributed by atoms with Gasteiger partial charge < -0.3 is 19.8 Å². The molecule has 1 aliphatic heterocycles. The van der Waals surface area contributed by atoms with Gasteiger partial charge in [-0.1, -0.05) is 0 Å². The molecule has 136 valence electrons. The molecule has 2 atom stereocenters. The lowest BCUT2D eigenvalue weighted by Gasteiger charge is -2.32. The minimum absolute atomic E-state index is 0.0899. The molecular formula is C15H17F3N4O3. The van der Waals surface area contributed by atoms with Gasteiger partial charge in [-0.2, -0.15) is 18.3 Å². The number of rotatable bonds is 5. The van der Waals surface area contributed by atoms with Crippen molar-refractivity contribution in [2.24, 2.45) is 0 Å². The number of furan rings is 1. The maximum Gasteiger partial charge on any atom is 0.410 e. The summed E-state index contributed by atoms with van der Waals surface area (Å²) in [6.07, 6.45) is -3.38. The Morgan fingerprint density at radius 1 is 1.56 bits per heavy atom. The van der Waals surface area contributed by atoms with Gasteiger partial charge in [0, 0.05) is 26.1 Å². The Morgan fingerprint density at radius 3 is 3.00 bits per heavy atom. The van der Waals surface area contributed by atoms with Gasteiger partial charge in [-0.05, 0) is 12.1 Å². The summed E-state index contributed by atoms with van der Waals surface area (Å²) in [7, 11) is 1.48. The van der Waals surface area contributed by atoms with Crippen LogP contribution >= 0.6 is 0 Å². The maximum absolute atomic E-state index is 13.5. The fraction of sp³-hybridized carbons (Fsp3) is 0.467. The molecule has 0 saturated heterocycles.